The third-order valence-corrected chi connectivity index (χ3v) is 3.31. The molecule has 0 aliphatic carbocycles. The number of halogens is 1. The highest BCUT2D eigenvalue weighted by Crippen LogP contribution is 2.17. The molecular formula is C18H21FN2O2. The number of nitrogens with one attached hydrogen (secondary N) is 2. The van der Waals surface area contributed by atoms with Gasteiger partial charge in [0.05, 0.1) is 6.54 Å². The van der Waals surface area contributed by atoms with Crippen LogP contribution in [0.5, 0.6) is 5.75 Å². The molecule has 23 heavy (non-hydrogen) atoms. The molecule has 0 unspecified atom stereocenters. The van der Waals surface area contributed by atoms with Crippen molar-refractivity contribution in [1.29, 1.82) is 0 Å². The number of hydrogen-bond donors (Lipinski definition) is 2. The van der Waals surface area contributed by atoms with Crippen LogP contribution in [0.3, 0.4) is 0 Å². The smallest absolute Gasteiger partial charge is 0.319 e. The van der Waals surface area contributed by atoms with Crippen molar-refractivity contribution in [3.8, 4) is 5.75 Å². The molecule has 2 aromatic rings. The van der Waals surface area contributed by atoms with E-state index >= 15 is 0 Å². The van der Waals surface area contributed by atoms with E-state index in [1.165, 1.54) is 17.7 Å². The topological polar surface area (TPSA) is 50.4 Å². The number of ether oxygens (including phenoxy) is 1. The highest BCUT2D eigenvalue weighted by Gasteiger charge is 2.03. The standard InChI is InChI=1S/C18H21FN2O2/c1-13(2)14-3-7-16(8-4-14)21-18(22)20-11-12-23-17-9-5-15(19)6-10-17/h3-10,13H,11-12H2,1-2H3,(H2,20,21,22). The summed E-state index contributed by atoms with van der Waals surface area (Å²) in [6.07, 6.45) is 0. The molecule has 0 saturated carbocycles. The van der Waals surface area contributed by atoms with Crippen LogP contribution in [0.4, 0.5) is 14.9 Å². The molecule has 2 amide bonds. The maximum atomic E-state index is 12.7. The first-order chi connectivity index (χ1) is 11.0. The minimum Gasteiger partial charge on any atom is -0.492 e. The Morgan fingerprint density at radius 3 is 2.35 bits per heavy atom. The van der Waals surface area contributed by atoms with Crippen molar-refractivity contribution < 1.29 is 13.9 Å². The van der Waals surface area contributed by atoms with Gasteiger partial charge in [0.1, 0.15) is 18.2 Å². The molecule has 0 radical (unpaired) electrons. The van der Waals surface area contributed by atoms with Crippen molar-refractivity contribution in [3.05, 3.63) is 59.9 Å². The summed E-state index contributed by atoms with van der Waals surface area (Å²) in [5.74, 6) is 0.720. The first kappa shape index (κ1) is 16.8. The lowest BCUT2D eigenvalue weighted by atomic mass is 10.0. The number of carbonyl (C=O) groups is 1. The minimum atomic E-state index is -0.307. The van der Waals surface area contributed by atoms with Crippen LogP contribution in [0.15, 0.2) is 48.5 Å². The summed E-state index contributed by atoms with van der Waals surface area (Å²) < 4.78 is 18.1. The molecule has 0 aliphatic rings. The molecule has 2 rings (SSSR count). The summed E-state index contributed by atoms with van der Waals surface area (Å²) in [4.78, 5) is 11.8. The molecule has 0 heterocycles. The maximum Gasteiger partial charge on any atom is 0.319 e. The highest BCUT2D eigenvalue weighted by atomic mass is 19.1. The normalized spacial score (nSPS) is 10.4. The van der Waals surface area contributed by atoms with Gasteiger partial charge in [-0.1, -0.05) is 26.0 Å². The van der Waals surface area contributed by atoms with Crippen LogP contribution in [0, 0.1) is 5.82 Å². The summed E-state index contributed by atoms with van der Waals surface area (Å²) in [6.45, 7) is 4.91. The third kappa shape index (κ3) is 5.62. The molecule has 0 spiro atoms. The van der Waals surface area contributed by atoms with Crippen molar-refractivity contribution in [2.24, 2.45) is 0 Å². The molecule has 122 valence electrons. The lowest BCUT2D eigenvalue weighted by Gasteiger charge is -2.10. The van der Waals surface area contributed by atoms with Gasteiger partial charge in [0.2, 0.25) is 0 Å². The van der Waals surface area contributed by atoms with Gasteiger partial charge < -0.3 is 15.4 Å². The molecule has 0 bridgehead atoms. The van der Waals surface area contributed by atoms with E-state index in [2.05, 4.69) is 24.5 Å². The Labute approximate surface area is 135 Å². The summed E-state index contributed by atoms with van der Waals surface area (Å²) in [5, 5.41) is 5.46. The number of rotatable bonds is 6. The van der Waals surface area contributed by atoms with Gasteiger partial charge in [0.15, 0.2) is 0 Å². The molecule has 4 nitrogen and oxygen atoms in total. The van der Waals surface area contributed by atoms with Crippen LogP contribution in [-0.2, 0) is 0 Å². The van der Waals surface area contributed by atoms with Crippen LogP contribution < -0.4 is 15.4 Å². The predicted octanol–water partition coefficient (Wildman–Crippen LogP) is 4.15. The highest BCUT2D eigenvalue weighted by molar-refractivity contribution is 5.89. The van der Waals surface area contributed by atoms with Crippen molar-refractivity contribution in [1.82, 2.24) is 5.32 Å². The third-order valence-electron chi connectivity index (χ3n) is 3.31. The predicted molar refractivity (Wildman–Crippen MR) is 89.4 cm³/mol. The molecule has 2 N–H and O–H groups in total. The van der Waals surface area contributed by atoms with E-state index in [4.69, 9.17) is 4.74 Å². The van der Waals surface area contributed by atoms with E-state index in [0.717, 1.165) is 5.69 Å². The summed E-state index contributed by atoms with van der Waals surface area (Å²) in [7, 11) is 0. The maximum absolute atomic E-state index is 12.7. The van der Waals surface area contributed by atoms with Crippen LogP contribution in [0.2, 0.25) is 0 Å². The number of amides is 2. The minimum absolute atomic E-state index is 0.287. The van der Waals surface area contributed by atoms with E-state index in [-0.39, 0.29) is 11.8 Å². The Kier molecular flexibility index (Phi) is 5.97. The molecule has 0 aromatic heterocycles. The lowest BCUT2D eigenvalue weighted by Crippen LogP contribution is -2.32. The van der Waals surface area contributed by atoms with Gasteiger partial charge in [0, 0.05) is 5.69 Å². The van der Waals surface area contributed by atoms with E-state index in [1.54, 1.807) is 12.1 Å². The molecule has 0 saturated heterocycles. The van der Waals surface area contributed by atoms with Crippen molar-refractivity contribution in [2.75, 3.05) is 18.5 Å². The lowest BCUT2D eigenvalue weighted by molar-refractivity contribution is 0.247. The van der Waals surface area contributed by atoms with E-state index < -0.39 is 0 Å². The van der Waals surface area contributed by atoms with E-state index in [0.29, 0.717) is 24.8 Å². The second kappa shape index (κ2) is 8.17. The average molecular weight is 316 g/mol. The van der Waals surface area contributed by atoms with Gasteiger partial charge in [-0.15, -0.1) is 0 Å². The van der Waals surface area contributed by atoms with Gasteiger partial charge in [-0.05, 0) is 47.9 Å². The average Bonchev–Trinajstić information content (AvgIpc) is 2.54. The zero-order valence-electron chi connectivity index (χ0n) is 13.3. The molecule has 2 aromatic carbocycles. The zero-order valence-corrected chi connectivity index (χ0v) is 13.3. The van der Waals surface area contributed by atoms with Crippen LogP contribution >= 0.6 is 0 Å². The monoisotopic (exact) mass is 316 g/mol. The van der Waals surface area contributed by atoms with Crippen LogP contribution in [-0.4, -0.2) is 19.2 Å². The second-order valence-electron chi connectivity index (χ2n) is 5.46. The quantitative estimate of drug-likeness (QED) is 0.787. The number of benzene rings is 2. The second-order valence-corrected chi connectivity index (χ2v) is 5.46. The number of urea groups is 1. The Morgan fingerprint density at radius 1 is 1.09 bits per heavy atom. The first-order valence-electron chi connectivity index (χ1n) is 7.58. The van der Waals surface area contributed by atoms with Crippen molar-refractivity contribution in [3.63, 3.8) is 0 Å². The first-order valence-corrected chi connectivity index (χ1v) is 7.58. The van der Waals surface area contributed by atoms with Gasteiger partial charge >= 0.3 is 6.03 Å². The fraction of sp³-hybridized carbons (Fsp3) is 0.278. The van der Waals surface area contributed by atoms with Crippen molar-refractivity contribution >= 4 is 11.7 Å². The summed E-state index contributed by atoms with van der Waals surface area (Å²) >= 11 is 0. The van der Waals surface area contributed by atoms with Crippen LogP contribution in [0.25, 0.3) is 0 Å². The largest absolute Gasteiger partial charge is 0.492 e. The Balaban J connectivity index is 1.69. The summed E-state index contributed by atoms with van der Waals surface area (Å²) in [6, 6.07) is 13.2. The fourth-order valence-corrected chi connectivity index (χ4v) is 1.99. The van der Waals surface area contributed by atoms with E-state index in [9.17, 15) is 9.18 Å². The Bertz CT molecular complexity index is 624. The van der Waals surface area contributed by atoms with Gasteiger partial charge in [-0.3, -0.25) is 0 Å². The zero-order chi connectivity index (χ0) is 16.7. The fourth-order valence-electron chi connectivity index (χ4n) is 1.99. The van der Waals surface area contributed by atoms with E-state index in [1.807, 2.05) is 24.3 Å². The number of anilines is 1. The molecule has 0 aliphatic heterocycles. The molecule has 0 fully saturated rings. The summed E-state index contributed by atoms with van der Waals surface area (Å²) in [5.41, 5.74) is 1.97. The number of hydrogen-bond acceptors (Lipinski definition) is 2. The molecule has 5 heteroatoms. The van der Waals surface area contributed by atoms with Gasteiger partial charge in [-0.2, -0.15) is 0 Å². The van der Waals surface area contributed by atoms with Crippen LogP contribution in [0.1, 0.15) is 25.3 Å². The SMILES string of the molecule is CC(C)c1ccc(NC(=O)NCCOc2ccc(F)cc2)cc1. The Hall–Kier alpha value is -2.56. The Morgan fingerprint density at radius 2 is 1.74 bits per heavy atom. The molecule has 0 atom stereocenters. The number of carbonyl (C=O) groups excluding carboxylic acids is 1. The van der Waals surface area contributed by atoms with Crippen molar-refractivity contribution in [2.45, 2.75) is 19.8 Å². The van der Waals surface area contributed by atoms with Gasteiger partial charge in [0.25, 0.3) is 0 Å². The van der Waals surface area contributed by atoms with Gasteiger partial charge in [-0.25, -0.2) is 9.18 Å². The molecular weight excluding hydrogens is 295 g/mol.